The van der Waals surface area contributed by atoms with Crippen LogP contribution >= 0.6 is 0 Å². The first-order valence-electron chi connectivity index (χ1n) is 8.60. The van der Waals surface area contributed by atoms with Crippen LogP contribution in [0, 0.1) is 0 Å². The smallest absolute Gasteiger partial charge is 0.0419 e. The van der Waals surface area contributed by atoms with Crippen molar-refractivity contribution in [3.63, 3.8) is 0 Å². The Bertz CT molecular complexity index is 417. The summed E-state index contributed by atoms with van der Waals surface area (Å²) in [6.45, 7) is 8.85. The minimum Gasteiger partial charge on any atom is -0.326 e. The summed E-state index contributed by atoms with van der Waals surface area (Å²) in [6, 6.07) is 4.53. The Hall–Kier alpha value is -0.930. The number of hydrogen-bond donors (Lipinski definition) is 1. The van der Waals surface area contributed by atoms with E-state index in [-0.39, 0.29) is 11.6 Å². The minimum atomic E-state index is 0.180. The van der Waals surface area contributed by atoms with Gasteiger partial charge in [0.15, 0.2) is 0 Å². The number of hydrogen-bond acceptors (Lipinski definition) is 3. The van der Waals surface area contributed by atoms with Gasteiger partial charge in [-0.15, -0.1) is 0 Å². The third-order valence-electron chi connectivity index (χ3n) is 5.28. The van der Waals surface area contributed by atoms with Crippen LogP contribution in [0.3, 0.4) is 0 Å². The van der Waals surface area contributed by atoms with E-state index in [0.717, 1.165) is 31.6 Å². The zero-order valence-corrected chi connectivity index (χ0v) is 13.9. The third-order valence-corrected chi connectivity index (χ3v) is 5.28. The van der Waals surface area contributed by atoms with Crippen molar-refractivity contribution in [3.05, 3.63) is 29.6 Å². The summed E-state index contributed by atoms with van der Waals surface area (Å²) >= 11 is 0. The first-order chi connectivity index (χ1) is 10.2. The molecule has 1 aromatic heterocycles. The minimum absolute atomic E-state index is 0.180. The number of nitrogens with two attached hydrogens (primary N) is 1. The van der Waals surface area contributed by atoms with E-state index in [4.69, 9.17) is 5.73 Å². The van der Waals surface area contributed by atoms with Crippen molar-refractivity contribution in [1.82, 2.24) is 9.88 Å². The van der Waals surface area contributed by atoms with Gasteiger partial charge in [0.05, 0.1) is 0 Å². The lowest BCUT2D eigenvalue weighted by molar-refractivity contribution is 0.0768. The Balaban J connectivity index is 2.12. The van der Waals surface area contributed by atoms with Crippen molar-refractivity contribution in [2.75, 3.05) is 13.1 Å². The zero-order valence-electron chi connectivity index (χ0n) is 13.9. The highest BCUT2D eigenvalue weighted by Crippen LogP contribution is 2.38. The quantitative estimate of drug-likeness (QED) is 0.838. The summed E-state index contributed by atoms with van der Waals surface area (Å²) in [5.41, 5.74) is 9.31. The van der Waals surface area contributed by atoms with Gasteiger partial charge in [0, 0.05) is 29.9 Å². The molecular formula is C18H31N3. The van der Waals surface area contributed by atoms with E-state index in [0.29, 0.717) is 0 Å². The standard InChI is InChI=1S/C18H31N3/c1-4-15-9-10-16(20-14-15)13-17(19)18(11-7-8-12-18)21(5-2)6-3/h9-10,14,17H,4-8,11-13,19H2,1-3H3. The van der Waals surface area contributed by atoms with Crippen LogP contribution in [0.4, 0.5) is 0 Å². The van der Waals surface area contributed by atoms with E-state index < -0.39 is 0 Å². The summed E-state index contributed by atoms with van der Waals surface area (Å²) in [7, 11) is 0. The van der Waals surface area contributed by atoms with Gasteiger partial charge < -0.3 is 5.73 Å². The maximum absolute atomic E-state index is 6.69. The molecule has 1 unspecified atom stereocenters. The maximum Gasteiger partial charge on any atom is 0.0419 e. The average Bonchev–Trinajstić information content (AvgIpc) is 3.00. The van der Waals surface area contributed by atoms with E-state index in [1.807, 2.05) is 6.20 Å². The SMILES string of the molecule is CCc1ccc(CC(N)C2(N(CC)CC)CCCC2)nc1. The largest absolute Gasteiger partial charge is 0.326 e. The Morgan fingerprint density at radius 3 is 2.33 bits per heavy atom. The van der Waals surface area contributed by atoms with Gasteiger partial charge in [-0.3, -0.25) is 9.88 Å². The molecule has 0 spiro atoms. The first kappa shape index (κ1) is 16.4. The lowest BCUT2D eigenvalue weighted by atomic mass is 9.83. The Morgan fingerprint density at radius 2 is 1.86 bits per heavy atom. The fourth-order valence-electron chi connectivity index (χ4n) is 3.96. The predicted octanol–water partition coefficient (Wildman–Crippen LogP) is 3.17. The molecule has 1 atom stereocenters. The number of aromatic nitrogens is 1. The van der Waals surface area contributed by atoms with Crippen LogP contribution in [-0.2, 0) is 12.8 Å². The molecule has 21 heavy (non-hydrogen) atoms. The van der Waals surface area contributed by atoms with Crippen molar-refractivity contribution in [2.24, 2.45) is 5.73 Å². The molecule has 0 aromatic carbocycles. The Kier molecular flexibility index (Phi) is 5.77. The molecule has 0 saturated heterocycles. The summed E-state index contributed by atoms with van der Waals surface area (Å²) in [4.78, 5) is 7.19. The molecule has 2 N–H and O–H groups in total. The predicted molar refractivity (Wildman–Crippen MR) is 89.4 cm³/mol. The van der Waals surface area contributed by atoms with Gasteiger partial charge in [0.25, 0.3) is 0 Å². The van der Waals surface area contributed by atoms with Gasteiger partial charge >= 0.3 is 0 Å². The van der Waals surface area contributed by atoms with Crippen LogP contribution in [0.15, 0.2) is 18.3 Å². The van der Waals surface area contributed by atoms with Gasteiger partial charge in [-0.05, 0) is 44.0 Å². The second-order valence-electron chi connectivity index (χ2n) is 6.30. The molecule has 0 amide bonds. The molecule has 1 fully saturated rings. The highest BCUT2D eigenvalue weighted by atomic mass is 15.2. The highest BCUT2D eigenvalue weighted by Gasteiger charge is 2.43. The molecule has 2 rings (SSSR count). The van der Waals surface area contributed by atoms with Crippen LogP contribution in [0.1, 0.15) is 57.7 Å². The van der Waals surface area contributed by atoms with Crippen LogP contribution in [0.2, 0.25) is 0 Å². The van der Waals surface area contributed by atoms with Crippen molar-refractivity contribution in [2.45, 2.75) is 70.9 Å². The molecule has 1 aromatic rings. The summed E-state index contributed by atoms with van der Waals surface area (Å²) < 4.78 is 0. The van der Waals surface area contributed by atoms with E-state index in [2.05, 4.69) is 42.8 Å². The fraction of sp³-hybridized carbons (Fsp3) is 0.722. The molecule has 0 aliphatic heterocycles. The van der Waals surface area contributed by atoms with Gasteiger partial charge in [-0.1, -0.05) is 39.7 Å². The third kappa shape index (κ3) is 3.46. The van der Waals surface area contributed by atoms with Gasteiger partial charge in [-0.25, -0.2) is 0 Å². The van der Waals surface area contributed by atoms with Crippen molar-refractivity contribution >= 4 is 0 Å². The Morgan fingerprint density at radius 1 is 1.19 bits per heavy atom. The summed E-state index contributed by atoms with van der Waals surface area (Å²) in [5, 5.41) is 0. The zero-order chi connectivity index (χ0) is 15.3. The van der Waals surface area contributed by atoms with Crippen LogP contribution < -0.4 is 5.73 Å². The Labute approximate surface area is 129 Å². The molecule has 0 bridgehead atoms. The molecule has 3 nitrogen and oxygen atoms in total. The van der Waals surface area contributed by atoms with Gasteiger partial charge in [0.1, 0.15) is 0 Å². The summed E-state index contributed by atoms with van der Waals surface area (Å²) in [6.07, 6.45) is 9.04. The normalized spacial score (nSPS) is 19.1. The second kappa shape index (κ2) is 7.37. The number of nitrogens with zero attached hydrogens (tertiary/aromatic N) is 2. The fourth-order valence-corrected chi connectivity index (χ4v) is 3.96. The molecule has 1 saturated carbocycles. The monoisotopic (exact) mass is 289 g/mol. The lowest BCUT2D eigenvalue weighted by Crippen LogP contribution is -2.59. The topological polar surface area (TPSA) is 42.1 Å². The van der Waals surface area contributed by atoms with E-state index in [1.165, 1.54) is 31.2 Å². The van der Waals surface area contributed by atoms with E-state index in [1.54, 1.807) is 0 Å². The lowest BCUT2D eigenvalue weighted by Gasteiger charge is -2.44. The molecule has 3 heteroatoms. The average molecular weight is 289 g/mol. The van der Waals surface area contributed by atoms with E-state index in [9.17, 15) is 0 Å². The first-order valence-corrected chi connectivity index (χ1v) is 8.60. The van der Waals surface area contributed by atoms with Gasteiger partial charge in [0.2, 0.25) is 0 Å². The van der Waals surface area contributed by atoms with Crippen LogP contribution in [0.5, 0.6) is 0 Å². The van der Waals surface area contributed by atoms with Gasteiger partial charge in [-0.2, -0.15) is 0 Å². The number of pyridine rings is 1. The maximum atomic E-state index is 6.69. The molecule has 1 aliphatic carbocycles. The van der Waals surface area contributed by atoms with Crippen molar-refractivity contribution < 1.29 is 0 Å². The van der Waals surface area contributed by atoms with Crippen LogP contribution in [-0.4, -0.2) is 34.6 Å². The van der Waals surface area contributed by atoms with Crippen molar-refractivity contribution in [1.29, 1.82) is 0 Å². The molecular weight excluding hydrogens is 258 g/mol. The highest BCUT2D eigenvalue weighted by molar-refractivity contribution is 5.16. The number of rotatable bonds is 7. The number of likely N-dealkylation sites (N-methyl/N-ethyl adjacent to an activating group) is 1. The van der Waals surface area contributed by atoms with Crippen LogP contribution in [0.25, 0.3) is 0 Å². The number of aryl methyl sites for hydroxylation is 1. The second-order valence-corrected chi connectivity index (χ2v) is 6.30. The molecule has 1 aliphatic rings. The summed E-state index contributed by atoms with van der Waals surface area (Å²) in [5.74, 6) is 0. The molecule has 0 radical (unpaired) electrons. The van der Waals surface area contributed by atoms with Crippen molar-refractivity contribution in [3.8, 4) is 0 Å². The molecule has 118 valence electrons. The van der Waals surface area contributed by atoms with E-state index >= 15 is 0 Å². The molecule has 1 heterocycles.